The zero-order valence-corrected chi connectivity index (χ0v) is 61.0. The summed E-state index contributed by atoms with van der Waals surface area (Å²) in [5, 5.41) is 67.4. The van der Waals surface area contributed by atoms with Gasteiger partial charge < -0.3 is 65.0 Å². The number of pyridine rings is 8. The van der Waals surface area contributed by atoms with Crippen LogP contribution in [0, 0.1) is 13.8 Å². The summed E-state index contributed by atoms with van der Waals surface area (Å²) in [5.41, 5.74) is 1.88. The number of halogens is 1. The fourth-order valence-electron chi connectivity index (χ4n) is 11.5. The van der Waals surface area contributed by atoms with Crippen molar-refractivity contribution in [1.82, 2.24) is 39.9 Å². The number of benzene rings is 10. The minimum atomic E-state index is -0.446. The van der Waals surface area contributed by atoms with E-state index in [1.807, 2.05) is 68.4 Å². The van der Waals surface area contributed by atoms with E-state index in [4.69, 9.17) is 9.47 Å². The zero-order valence-electron chi connectivity index (χ0n) is 59.4. The van der Waals surface area contributed by atoms with Crippen LogP contribution in [0.5, 0.6) is 46.0 Å². The number of hydrogen-bond acceptors (Lipinski definition) is 18. The second-order valence-electron chi connectivity index (χ2n) is 24.2. The lowest BCUT2D eigenvalue weighted by Crippen LogP contribution is -2.10. The Kier molecular flexibility index (Phi) is 25.6. The van der Waals surface area contributed by atoms with Crippen molar-refractivity contribution in [3.8, 4) is 46.0 Å². The molecule has 0 aliphatic heterocycles. The average molecular weight is 1560 g/mol. The van der Waals surface area contributed by atoms with E-state index < -0.39 is 11.9 Å². The van der Waals surface area contributed by atoms with E-state index in [-0.39, 0.29) is 50.8 Å². The molecule has 0 radical (unpaired) electrons. The van der Waals surface area contributed by atoms with Crippen LogP contribution in [0.15, 0.2) is 333 Å². The van der Waals surface area contributed by atoms with Crippen LogP contribution >= 0.6 is 15.9 Å². The van der Waals surface area contributed by atoms with Gasteiger partial charge in [-0.25, -0.2) is 14.6 Å². The van der Waals surface area contributed by atoms with Gasteiger partial charge in [-0.3, -0.25) is 33.9 Å². The van der Waals surface area contributed by atoms with E-state index in [9.17, 15) is 64.2 Å². The number of carbonyl (C=O) groups excluding carboxylic acids is 2. The average Bonchev–Trinajstić information content (AvgIpc) is 0.813. The Morgan fingerprint density at radius 3 is 0.795 bits per heavy atom. The Bertz CT molecular complexity index is 6060. The third-order valence-electron chi connectivity index (χ3n) is 17.1. The maximum absolute atomic E-state index is 12.0. The number of aromatic nitrogens is 8. The van der Waals surface area contributed by atoms with Crippen molar-refractivity contribution in [3.05, 3.63) is 383 Å². The molecule has 0 unspecified atom stereocenters. The van der Waals surface area contributed by atoms with Crippen molar-refractivity contribution < 1.29 is 49.7 Å². The van der Waals surface area contributed by atoms with Gasteiger partial charge in [-0.15, -0.1) is 0 Å². The van der Waals surface area contributed by atoms with Gasteiger partial charge in [-0.2, -0.15) is 0 Å². The SMILES string of the molecule is Cc1nccc2c(O)cccc12.Cc1nccc2c(O)cccc12.O=C(Oc1cccc2c(=O)[nH]ccc12)c1ccccc1.O=C(Oc1cccc2c(=O)[nH]ccc12)c1ccccc1.O=c1[nH]ccc2c(O)cccc12.O=c1[nH]ccc2c(O)cccc12.O=c1[nH]ccc2c(O)cccc12.Oc1cccc2c(Br)nccc12. The van der Waals surface area contributed by atoms with Crippen molar-refractivity contribution in [2.24, 2.45) is 0 Å². The normalized spacial score (nSPS) is 10.4. The molecule has 0 fully saturated rings. The molecule has 11 N–H and O–H groups in total. The van der Waals surface area contributed by atoms with Crippen LogP contribution in [-0.2, 0) is 0 Å². The maximum atomic E-state index is 12.0. The number of nitrogens with one attached hydrogen (secondary N) is 5. The van der Waals surface area contributed by atoms with Gasteiger partial charge in [0.25, 0.3) is 27.8 Å². The minimum absolute atomic E-state index is 0.138. The molecular weight excluding hydrogens is 1490 g/mol. The number of aromatic hydroxyl groups is 6. The number of esters is 2. The van der Waals surface area contributed by atoms with Crippen molar-refractivity contribution in [1.29, 1.82) is 0 Å². The molecule has 10 aromatic carbocycles. The van der Waals surface area contributed by atoms with Gasteiger partial charge in [0.2, 0.25) is 0 Å². The third-order valence-corrected chi connectivity index (χ3v) is 17.7. The fourth-order valence-corrected chi connectivity index (χ4v) is 11.9. The zero-order chi connectivity index (χ0) is 79.2. The number of aromatic amines is 5. The highest BCUT2D eigenvalue weighted by atomic mass is 79.9. The Morgan fingerprint density at radius 1 is 0.268 bits per heavy atom. The Balaban J connectivity index is 0.000000128. The lowest BCUT2D eigenvalue weighted by atomic mass is 10.1. The molecule has 18 rings (SSSR count). The summed E-state index contributed by atoms with van der Waals surface area (Å²) in [4.78, 5) is 106. The highest BCUT2D eigenvalue weighted by molar-refractivity contribution is 9.10. The minimum Gasteiger partial charge on any atom is -0.507 e. The van der Waals surface area contributed by atoms with Crippen LogP contribution in [0.4, 0.5) is 0 Å². The molecule has 0 aliphatic rings. The van der Waals surface area contributed by atoms with E-state index in [1.54, 1.807) is 219 Å². The van der Waals surface area contributed by atoms with Crippen LogP contribution in [-0.4, -0.2) is 82.4 Å². The van der Waals surface area contributed by atoms with Crippen molar-refractivity contribution >= 4 is 114 Å². The molecule has 0 saturated heterocycles. The topological polar surface area (TPSA) is 377 Å². The second-order valence-corrected chi connectivity index (χ2v) is 25.0. The number of rotatable bonds is 4. The number of aryl methyl sites for hydroxylation is 2. The van der Waals surface area contributed by atoms with Crippen molar-refractivity contribution in [2.45, 2.75) is 13.8 Å². The first-order valence-corrected chi connectivity index (χ1v) is 35.0. The van der Waals surface area contributed by atoms with Gasteiger partial charge in [0.1, 0.15) is 50.6 Å². The predicted molar refractivity (Wildman–Crippen MR) is 438 cm³/mol. The smallest absolute Gasteiger partial charge is 0.343 e. The number of phenols is 6. The van der Waals surface area contributed by atoms with E-state index in [0.717, 1.165) is 48.3 Å². The fraction of sp³-hybridized carbons (Fsp3) is 0.0227. The number of phenolic OH excluding ortho intramolecular Hbond substituents is 6. The maximum Gasteiger partial charge on any atom is 0.343 e. The molecule has 0 bridgehead atoms. The van der Waals surface area contributed by atoms with E-state index in [2.05, 4.69) is 55.8 Å². The number of carbonyl (C=O) groups is 2. The highest BCUT2D eigenvalue weighted by Gasteiger charge is 2.14. The quantitative estimate of drug-likeness (QED) is 0.0443. The van der Waals surface area contributed by atoms with Crippen LogP contribution < -0.4 is 37.3 Å². The second kappa shape index (κ2) is 36.8. The number of ether oxygens (including phenoxy) is 2. The lowest BCUT2D eigenvalue weighted by Gasteiger charge is -2.07. The molecule has 18 aromatic rings. The summed E-state index contributed by atoms with van der Waals surface area (Å²) in [6, 6.07) is 72.3. The van der Waals surface area contributed by atoms with Gasteiger partial charge in [-0.1, -0.05) is 103 Å². The standard InChI is InChI=1S/2C16H11NO3.2C10H9NO.C9H6BrNO.3C9H7NO2/c2*18-15-13-7-4-8-14(12(13)9-10-17-15)20-16(19)11-5-2-1-3-6-11;2*1-7-8-3-2-4-10(12)9(8)5-6-11-7;10-9-7-2-1-3-8(12)6(7)4-5-11-9;3*11-8-3-1-2-7-6(8)4-5-10-9(7)12/h2*1-10H,(H,17,18);2*2-6,12H,1H3;1-5,12H;3*1-5,11H,(H,10,12). The van der Waals surface area contributed by atoms with E-state index >= 15 is 0 Å². The van der Waals surface area contributed by atoms with Crippen LogP contribution in [0.25, 0.3) is 86.2 Å². The number of hydrogen-bond donors (Lipinski definition) is 11. The Hall–Kier alpha value is -15.3. The molecule has 0 spiro atoms. The van der Waals surface area contributed by atoms with E-state index in [0.29, 0.717) is 88.0 Å². The predicted octanol–water partition coefficient (Wildman–Crippen LogP) is 16.4. The monoisotopic (exact) mass is 1550 g/mol. The first-order valence-electron chi connectivity index (χ1n) is 34.2. The summed E-state index contributed by atoms with van der Waals surface area (Å²) in [5.74, 6) is 1.20. The molecule has 8 aromatic heterocycles. The molecule has 0 saturated carbocycles. The Morgan fingerprint density at radius 2 is 0.509 bits per heavy atom. The number of fused-ring (bicyclic) bond motifs is 8. The van der Waals surface area contributed by atoms with Crippen LogP contribution in [0.1, 0.15) is 32.1 Å². The summed E-state index contributed by atoms with van der Waals surface area (Å²) < 4.78 is 11.5. The molecule has 556 valence electrons. The summed E-state index contributed by atoms with van der Waals surface area (Å²) in [6.07, 6.45) is 12.7. The summed E-state index contributed by atoms with van der Waals surface area (Å²) >= 11 is 3.31. The molecule has 24 heteroatoms. The van der Waals surface area contributed by atoms with Crippen molar-refractivity contribution in [3.63, 3.8) is 0 Å². The molecule has 23 nitrogen and oxygen atoms in total. The molecule has 112 heavy (non-hydrogen) atoms. The van der Waals surface area contributed by atoms with Gasteiger partial charge >= 0.3 is 11.9 Å². The van der Waals surface area contributed by atoms with Crippen LogP contribution in [0.3, 0.4) is 0 Å². The van der Waals surface area contributed by atoms with Crippen LogP contribution in [0.2, 0.25) is 0 Å². The van der Waals surface area contributed by atoms with E-state index in [1.165, 1.54) is 31.0 Å². The molecule has 0 atom stereocenters. The summed E-state index contributed by atoms with van der Waals surface area (Å²) in [6.45, 7) is 3.86. The third kappa shape index (κ3) is 19.1. The largest absolute Gasteiger partial charge is 0.507 e. The summed E-state index contributed by atoms with van der Waals surface area (Å²) in [7, 11) is 0. The molecule has 0 amide bonds. The number of nitrogens with zero attached hydrogens (tertiary/aromatic N) is 3. The van der Waals surface area contributed by atoms with Gasteiger partial charge in [0.05, 0.1) is 38.1 Å². The van der Waals surface area contributed by atoms with Gasteiger partial charge in [0, 0.05) is 120 Å². The first kappa shape index (κ1) is 77.8. The lowest BCUT2D eigenvalue weighted by molar-refractivity contribution is 0.0727. The first-order chi connectivity index (χ1) is 54.2. The molecular formula is C88H67BrN8O15. The molecule has 0 aliphatic carbocycles. The highest BCUT2D eigenvalue weighted by Crippen LogP contribution is 2.31. The molecule has 8 heterocycles. The van der Waals surface area contributed by atoms with Crippen molar-refractivity contribution in [2.75, 3.05) is 0 Å². The Labute approximate surface area is 643 Å². The van der Waals surface area contributed by atoms with Gasteiger partial charge in [0.15, 0.2) is 0 Å². The van der Waals surface area contributed by atoms with Gasteiger partial charge in [-0.05, 0) is 181 Å². The number of H-pyrrole nitrogens is 5.